The molecule has 2 unspecified atom stereocenters. The molecule has 0 aliphatic rings. The Morgan fingerprint density at radius 3 is 2.40 bits per heavy atom. The van der Waals surface area contributed by atoms with Crippen LogP contribution in [-0.2, 0) is 10.3 Å². The molecule has 25 heavy (non-hydrogen) atoms. The Morgan fingerprint density at radius 1 is 1.16 bits per heavy atom. The van der Waals surface area contributed by atoms with E-state index in [1.807, 2.05) is 18.2 Å². The zero-order valence-electron chi connectivity index (χ0n) is 13.9. The molecule has 2 aromatic rings. The Kier molecular flexibility index (Phi) is 7.33. The topological polar surface area (TPSA) is 64.4 Å². The zero-order chi connectivity index (χ0) is 17.7. The van der Waals surface area contributed by atoms with E-state index in [1.165, 1.54) is 12.1 Å². The molecule has 4 nitrogen and oxygen atoms in total. The van der Waals surface area contributed by atoms with E-state index in [2.05, 4.69) is 10.1 Å². The number of amides is 1. The highest BCUT2D eigenvalue weighted by Gasteiger charge is 2.31. The van der Waals surface area contributed by atoms with Crippen molar-refractivity contribution in [2.24, 2.45) is 5.73 Å². The van der Waals surface area contributed by atoms with Crippen molar-refractivity contribution >= 4 is 18.3 Å². The van der Waals surface area contributed by atoms with E-state index < -0.39 is 18.2 Å². The summed E-state index contributed by atoms with van der Waals surface area (Å²) in [4.78, 5) is 12.5. The molecule has 0 aliphatic carbocycles. The fourth-order valence-electron chi connectivity index (χ4n) is 2.31. The summed E-state index contributed by atoms with van der Waals surface area (Å²) < 4.78 is 29.0. The number of nitrogens with two attached hydrogens (primary N) is 1. The average molecular weight is 371 g/mol. The highest BCUT2D eigenvalue weighted by Crippen LogP contribution is 2.23. The van der Waals surface area contributed by atoms with E-state index in [-0.39, 0.29) is 24.1 Å². The molecule has 0 aromatic heterocycles. The average Bonchev–Trinajstić information content (AvgIpc) is 2.55. The first-order valence-corrected chi connectivity index (χ1v) is 7.51. The molecule has 2 aromatic carbocycles. The Morgan fingerprint density at radius 2 is 1.80 bits per heavy atom. The van der Waals surface area contributed by atoms with Gasteiger partial charge in [0.15, 0.2) is 0 Å². The van der Waals surface area contributed by atoms with Gasteiger partial charge in [-0.05, 0) is 37.1 Å². The van der Waals surface area contributed by atoms with Gasteiger partial charge in [-0.3, -0.25) is 4.79 Å². The van der Waals surface area contributed by atoms with Gasteiger partial charge in [0.2, 0.25) is 5.91 Å². The molecule has 0 radical (unpaired) electrons. The lowest BCUT2D eigenvalue weighted by molar-refractivity contribution is -0.126. The number of hydrogen-bond donors (Lipinski definition) is 2. The lowest BCUT2D eigenvalue weighted by Gasteiger charge is -2.26. The molecule has 0 spiro atoms. The fraction of sp³-hybridized carbons (Fsp3) is 0.278. The van der Waals surface area contributed by atoms with E-state index in [0.29, 0.717) is 11.1 Å². The van der Waals surface area contributed by atoms with Gasteiger partial charge in [0.05, 0.1) is 6.04 Å². The van der Waals surface area contributed by atoms with Gasteiger partial charge >= 0.3 is 6.61 Å². The van der Waals surface area contributed by atoms with Crippen LogP contribution in [0.4, 0.5) is 8.78 Å². The smallest absolute Gasteiger partial charge is 0.387 e. The van der Waals surface area contributed by atoms with Crippen LogP contribution < -0.4 is 15.8 Å². The molecule has 7 heteroatoms. The number of rotatable bonds is 6. The number of ether oxygens (including phenoxy) is 1. The van der Waals surface area contributed by atoms with Gasteiger partial charge in [0.25, 0.3) is 0 Å². The maximum Gasteiger partial charge on any atom is 0.387 e. The summed E-state index contributed by atoms with van der Waals surface area (Å²) in [6.07, 6.45) is 0. The van der Waals surface area contributed by atoms with Gasteiger partial charge in [-0.2, -0.15) is 8.78 Å². The van der Waals surface area contributed by atoms with Crippen LogP contribution in [0.3, 0.4) is 0 Å². The van der Waals surface area contributed by atoms with Crippen molar-refractivity contribution in [3.05, 3.63) is 65.7 Å². The van der Waals surface area contributed by atoms with Crippen molar-refractivity contribution in [3.8, 4) is 5.75 Å². The number of halogens is 3. The first-order chi connectivity index (χ1) is 11.3. The van der Waals surface area contributed by atoms with E-state index in [1.54, 1.807) is 38.1 Å². The van der Waals surface area contributed by atoms with Crippen LogP contribution in [0.1, 0.15) is 31.0 Å². The van der Waals surface area contributed by atoms with Crippen LogP contribution in [0, 0.1) is 0 Å². The summed E-state index contributed by atoms with van der Waals surface area (Å²) in [6.45, 7) is 0.483. The highest BCUT2D eigenvalue weighted by molar-refractivity contribution is 5.87. The minimum atomic E-state index is -2.89. The number of carbonyl (C=O) groups excluding carboxylic acids is 1. The molecule has 0 saturated carbocycles. The number of benzene rings is 2. The summed E-state index contributed by atoms with van der Waals surface area (Å²) in [5, 5.41) is 2.81. The van der Waals surface area contributed by atoms with Gasteiger partial charge in [0.1, 0.15) is 11.3 Å². The Bertz CT molecular complexity index is 696. The van der Waals surface area contributed by atoms with Crippen LogP contribution in [-0.4, -0.2) is 12.5 Å². The van der Waals surface area contributed by atoms with Gasteiger partial charge in [-0.25, -0.2) is 0 Å². The molecular weight excluding hydrogens is 350 g/mol. The molecule has 1 amide bonds. The molecule has 0 bridgehead atoms. The third-order valence-corrected chi connectivity index (χ3v) is 3.78. The molecule has 2 atom stereocenters. The molecule has 136 valence electrons. The number of hydrogen-bond acceptors (Lipinski definition) is 3. The SMILES string of the molecule is CC(NC(=O)C(C)(N)c1ccccc1)c1cccc(OC(F)F)c1.Cl. The Hall–Kier alpha value is -2.18. The first kappa shape index (κ1) is 20.9. The van der Waals surface area contributed by atoms with Crippen molar-refractivity contribution in [2.75, 3.05) is 0 Å². The number of carbonyl (C=O) groups is 1. The van der Waals surface area contributed by atoms with Crippen LogP contribution in [0.15, 0.2) is 54.6 Å². The Labute approximate surface area is 151 Å². The molecule has 0 fully saturated rings. The van der Waals surface area contributed by atoms with Crippen molar-refractivity contribution in [2.45, 2.75) is 32.0 Å². The predicted octanol–water partition coefficient (Wildman–Crippen LogP) is 3.76. The highest BCUT2D eigenvalue weighted by atomic mass is 35.5. The van der Waals surface area contributed by atoms with Crippen LogP contribution >= 0.6 is 12.4 Å². The van der Waals surface area contributed by atoms with Crippen molar-refractivity contribution in [1.29, 1.82) is 0 Å². The molecule has 0 aliphatic heterocycles. The lowest BCUT2D eigenvalue weighted by atomic mass is 9.91. The largest absolute Gasteiger partial charge is 0.435 e. The molecule has 0 heterocycles. The second-order valence-electron chi connectivity index (χ2n) is 5.71. The molecule has 2 rings (SSSR count). The van der Waals surface area contributed by atoms with Gasteiger partial charge in [0, 0.05) is 0 Å². The van der Waals surface area contributed by atoms with E-state index in [9.17, 15) is 13.6 Å². The molecule has 3 N–H and O–H groups in total. The maximum absolute atomic E-state index is 12.5. The summed E-state index contributed by atoms with van der Waals surface area (Å²) in [5.41, 5.74) is 6.29. The second-order valence-corrected chi connectivity index (χ2v) is 5.71. The van der Waals surface area contributed by atoms with Gasteiger partial charge in [-0.15, -0.1) is 12.4 Å². The van der Waals surface area contributed by atoms with E-state index in [0.717, 1.165) is 0 Å². The predicted molar refractivity (Wildman–Crippen MR) is 94.9 cm³/mol. The molecular formula is C18H21ClF2N2O2. The molecule has 0 saturated heterocycles. The maximum atomic E-state index is 12.5. The van der Waals surface area contributed by atoms with Crippen molar-refractivity contribution < 1.29 is 18.3 Å². The zero-order valence-corrected chi connectivity index (χ0v) is 14.7. The fourth-order valence-corrected chi connectivity index (χ4v) is 2.31. The van der Waals surface area contributed by atoms with Crippen LogP contribution in [0.5, 0.6) is 5.75 Å². The van der Waals surface area contributed by atoms with Gasteiger partial charge < -0.3 is 15.8 Å². The normalized spacial score (nSPS) is 14.2. The summed E-state index contributed by atoms with van der Waals surface area (Å²) in [5.74, 6) is -0.316. The summed E-state index contributed by atoms with van der Waals surface area (Å²) >= 11 is 0. The van der Waals surface area contributed by atoms with E-state index in [4.69, 9.17) is 5.73 Å². The quantitative estimate of drug-likeness (QED) is 0.813. The standard InChI is InChI=1S/C18H20F2N2O2.ClH/c1-12(13-7-6-10-15(11-13)24-17(19)20)22-16(23)18(2,21)14-8-4-3-5-9-14;/h3-12,17H,21H2,1-2H3,(H,22,23);1H. The van der Waals surface area contributed by atoms with Crippen LogP contribution in [0.25, 0.3) is 0 Å². The minimum absolute atomic E-state index is 0. The third-order valence-electron chi connectivity index (χ3n) is 3.78. The number of alkyl halides is 2. The number of nitrogens with one attached hydrogen (secondary N) is 1. The third kappa shape index (κ3) is 5.41. The summed E-state index contributed by atoms with van der Waals surface area (Å²) in [6, 6.07) is 14.8. The summed E-state index contributed by atoms with van der Waals surface area (Å²) in [7, 11) is 0. The van der Waals surface area contributed by atoms with Crippen molar-refractivity contribution in [1.82, 2.24) is 5.32 Å². The Balaban J connectivity index is 0.00000312. The monoisotopic (exact) mass is 370 g/mol. The second kappa shape index (κ2) is 8.78. The first-order valence-electron chi connectivity index (χ1n) is 7.51. The van der Waals surface area contributed by atoms with Crippen molar-refractivity contribution in [3.63, 3.8) is 0 Å². The van der Waals surface area contributed by atoms with Crippen LogP contribution in [0.2, 0.25) is 0 Å². The van der Waals surface area contributed by atoms with E-state index >= 15 is 0 Å². The lowest BCUT2D eigenvalue weighted by Crippen LogP contribution is -2.49. The van der Waals surface area contributed by atoms with Gasteiger partial charge in [-0.1, -0.05) is 42.5 Å². The minimum Gasteiger partial charge on any atom is -0.435 e.